The molecule has 1 aliphatic rings. The van der Waals surface area contributed by atoms with Gasteiger partial charge in [0.15, 0.2) is 5.69 Å². The molecule has 1 amide bonds. The first-order chi connectivity index (χ1) is 9.78. The Morgan fingerprint density at radius 2 is 2.18 bits per heavy atom. The number of hydrogen-bond donors (Lipinski definition) is 2. The summed E-state index contributed by atoms with van der Waals surface area (Å²) in [7, 11) is 0. The fourth-order valence-electron chi connectivity index (χ4n) is 2.34. The van der Waals surface area contributed by atoms with Gasteiger partial charge in [0.05, 0.1) is 18.9 Å². The Bertz CT molecular complexity index is 625. The Morgan fingerprint density at radius 1 is 1.36 bits per heavy atom. The zero-order valence-corrected chi connectivity index (χ0v) is 13.6. The zero-order chi connectivity index (χ0) is 13.9. The van der Waals surface area contributed by atoms with Crippen LogP contribution in [0, 0.1) is 0 Å². The normalized spacial score (nSPS) is 12.8. The van der Waals surface area contributed by atoms with Crippen LogP contribution in [0.1, 0.15) is 29.2 Å². The number of hydrogen-bond acceptors (Lipinski definition) is 5. The monoisotopic (exact) mass is 347 g/mol. The van der Waals surface area contributed by atoms with E-state index in [1.165, 1.54) is 0 Å². The summed E-state index contributed by atoms with van der Waals surface area (Å²) < 4.78 is 3.60. The Labute approximate surface area is 140 Å². The summed E-state index contributed by atoms with van der Waals surface area (Å²) in [5, 5.41) is 10.5. The highest BCUT2D eigenvalue weighted by Crippen LogP contribution is 2.19. The lowest BCUT2D eigenvalue weighted by Crippen LogP contribution is -2.18. The van der Waals surface area contributed by atoms with Crippen LogP contribution in [0.25, 0.3) is 0 Å². The van der Waals surface area contributed by atoms with Crippen LogP contribution < -0.4 is 11.1 Å². The second kappa shape index (κ2) is 8.11. The smallest absolute Gasteiger partial charge is 0.278 e. The molecule has 0 aliphatic carbocycles. The van der Waals surface area contributed by atoms with E-state index in [1.807, 2.05) is 4.57 Å². The molecule has 2 aromatic rings. The first-order valence-corrected chi connectivity index (χ1v) is 6.74. The van der Waals surface area contributed by atoms with Crippen molar-refractivity contribution in [3.63, 3.8) is 0 Å². The minimum absolute atomic E-state index is 0. The maximum atomic E-state index is 12.1. The van der Waals surface area contributed by atoms with Gasteiger partial charge in [0, 0.05) is 19.5 Å². The molecule has 3 rings (SSSR count). The van der Waals surface area contributed by atoms with Gasteiger partial charge in [0.2, 0.25) is 0 Å². The third kappa shape index (κ3) is 3.76. The number of nitrogens with two attached hydrogens (primary N) is 1. The average Bonchev–Trinajstić information content (AvgIpc) is 3.07. The summed E-state index contributed by atoms with van der Waals surface area (Å²) in [5.74, 6) is 1.47. The lowest BCUT2D eigenvalue weighted by atomic mass is 10.2. The van der Waals surface area contributed by atoms with Gasteiger partial charge in [-0.05, 0) is 12.8 Å². The van der Waals surface area contributed by atoms with Gasteiger partial charge in [-0.25, -0.2) is 4.98 Å². The molecule has 0 unspecified atom stereocenters. The number of carbonyl (C=O) groups excluding carboxylic acids is 1. The van der Waals surface area contributed by atoms with E-state index < -0.39 is 0 Å². The van der Waals surface area contributed by atoms with E-state index in [4.69, 9.17) is 5.73 Å². The van der Waals surface area contributed by atoms with E-state index in [-0.39, 0.29) is 36.4 Å². The number of nitrogens with one attached hydrogen (secondary N) is 1. The van der Waals surface area contributed by atoms with Gasteiger partial charge >= 0.3 is 0 Å². The number of amides is 1. The molecule has 10 heteroatoms. The van der Waals surface area contributed by atoms with E-state index in [2.05, 4.69) is 20.6 Å². The predicted molar refractivity (Wildman–Crippen MR) is 86.7 cm³/mol. The molecule has 0 fully saturated rings. The predicted octanol–water partition coefficient (Wildman–Crippen LogP) is 0.865. The number of nitrogens with zero attached hydrogens (tertiary/aromatic N) is 5. The molecule has 0 aromatic carbocycles. The van der Waals surface area contributed by atoms with Crippen LogP contribution in [-0.4, -0.2) is 37.0 Å². The first-order valence-electron chi connectivity index (χ1n) is 6.74. The highest BCUT2D eigenvalue weighted by atomic mass is 35.5. The summed E-state index contributed by atoms with van der Waals surface area (Å²) in [6.07, 6.45) is 6.51. The summed E-state index contributed by atoms with van der Waals surface area (Å²) >= 11 is 0. The number of rotatable bonds is 4. The molecule has 0 radical (unpaired) electrons. The number of halogens is 2. The molecule has 1 aliphatic heterocycles. The Kier molecular flexibility index (Phi) is 6.79. The Balaban J connectivity index is 0.00000121. The van der Waals surface area contributed by atoms with Crippen LogP contribution in [0.3, 0.4) is 0 Å². The maximum absolute atomic E-state index is 12.1. The van der Waals surface area contributed by atoms with Crippen molar-refractivity contribution in [2.45, 2.75) is 32.4 Å². The summed E-state index contributed by atoms with van der Waals surface area (Å²) in [6.45, 7) is 1.90. The summed E-state index contributed by atoms with van der Waals surface area (Å²) in [6, 6.07) is 0. The van der Waals surface area contributed by atoms with Crippen molar-refractivity contribution < 1.29 is 4.79 Å². The number of fused-ring (bicyclic) bond motifs is 1. The van der Waals surface area contributed by atoms with Crippen molar-refractivity contribution in [1.82, 2.24) is 24.5 Å². The number of imidazole rings is 1. The van der Waals surface area contributed by atoms with Crippen molar-refractivity contribution in [3.8, 4) is 0 Å². The van der Waals surface area contributed by atoms with Crippen molar-refractivity contribution in [3.05, 3.63) is 23.9 Å². The van der Waals surface area contributed by atoms with Crippen molar-refractivity contribution in [2.75, 3.05) is 11.9 Å². The van der Waals surface area contributed by atoms with Gasteiger partial charge < -0.3 is 15.6 Å². The molecular weight excluding hydrogens is 329 g/mol. The highest BCUT2D eigenvalue weighted by Gasteiger charge is 2.17. The molecule has 3 heterocycles. The fraction of sp³-hybridized carbons (Fsp3) is 0.500. The topological polar surface area (TPSA) is 104 Å². The molecular formula is C12H19Cl2N7O. The molecule has 0 atom stereocenters. The van der Waals surface area contributed by atoms with Gasteiger partial charge in [-0.3, -0.25) is 9.48 Å². The van der Waals surface area contributed by atoms with Crippen molar-refractivity contribution in [1.29, 1.82) is 0 Å². The van der Waals surface area contributed by atoms with E-state index in [9.17, 15) is 4.79 Å². The Morgan fingerprint density at radius 3 is 2.95 bits per heavy atom. The standard InChI is InChI=1S/C12H17N7O.2ClH/c13-4-6-18-8-9(16-17-18)12(20)15-11-7-14-10-3-1-2-5-19(10)11;;/h7-8H,1-6,13H2,(H,15,20);2*1H. The van der Waals surface area contributed by atoms with Gasteiger partial charge in [0.25, 0.3) is 5.91 Å². The van der Waals surface area contributed by atoms with Crippen LogP contribution in [0.5, 0.6) is 0 Å². The van der Waals surface area contributed by atoms with Crippen LogP contribution >= 0.6 is 24.8 Å². The third-order valence-electron chi connectivity index (χ3n) is 3.34. The Hall–Kier alpha value is -1.64. The van der Waals surface area contributed by atoms with Crippen LogP contribution in [-0.2, 0) is 19.5 Å². The SMILES string of the molecule is Cl.Cl.NCCn1cc(C(=O)Nc2cnc3n2CCCC3)nn1. The first kappa shape index (κ1) is 18.4. The number of anilines is 1. The molecule has 22 heavy (non-hydrogen) atoms. The molecule has 2 aromatic heterocycles. The number of aryl methyl sites for hydroxylation is 1. The van der Waals surface area contributed by atoms with Crippen molar-refractivity contribution in [2.24, 2.45) is 5.73 Å². The van der Waals surface area contributed by atoms with Gasteiger partial charge in [0.1, 0.15) is 11.6 Å². The minimum atomic E-state index is -0.276. The molecule has 0 spiro atoms. The summed E-state index contributed by atoms with van der Waals surface area (Å²) in [5.41, 5.74) is 5.71. The molecule has 3 N–H and O–H groups in total. The molecule has 0 saturated heterocycles. The van der Waals surface area contributed by atoms with E-state index in [1.54, 1.807) is 17.1 Å². The van der Waals surface area contributed by atoms with E-state index in [0.29, 0.717) is 13.1 Å². The lowest BCUT2D eigenvalue weighted by Gasteiger charge is -2.16. The van der Waals surface area contributed by atoms with Gasteiger partial charge in [-0.2, -0.15) is 0 Å². The second-order valence-electron chi connectivity index (χ2n) is 4.78. The largest absolute Gasteiger partial charge is 0.329 e. The quantitative estimate of drug-likeness (QED) is 0.853. The molecule has 0 saturated carbocycles. The van der Waals surface area contributed by atoms with Crippen LogP contribution in [0.2, 0.25) is 0 Å². The highest BCUT2D eigenvalue weighted by molar-refractivity contribution is 6.02. The third-order valence-corrected chi connectivity index (χ3v) is 3.34. The molecule has 0 bridgehead atoms. The van der Waals surface area contributed by atoms with Crippen LogP contribution in [0.15, 0.2) is 12.4 Å². The number of aromatic nitrogens is 5. The van der Waals surface area contributed by atoms with E-state index >= 15 is 0 Å². The zero-order valence-electron chi connectivity index (χ0n) is 11.9. The van der Waals surface area contributed by atoms with Gasteiger partial charge in [-0.15, -0.1) is 29.9 Å². The lowest BCUT2D eigenvalue weighted by molar-refractivity contribution is 0.102. The molecule has 8 nitrogen and oxygen atoms in total. The molecule has 122 valence electrons. The minimum Gasteiger partial charge on any atom is -0.329 e. The van der Waals surface area contributed by atoms with E-state index in [0.717, 1.165) is 37.4 Å². The maximum Gasteiger partial charge on any atom is 0.278 e. The second-order valence-corrected chi connectivity index (χ2v) is 4.78. The average molecular weight is 348 g/mol. The van der Waals surface area contributed by atoms with Crippen molar-refractivity contribution >= 4 is 36.5 Å². The fourth-order valence-corrected chi connectivity index (χ4v) is 2.34. The van der Waals surface area contributed by atoms with Gasteiger partial charge in [-0.1, -0.05) is 5.21 Å². The summed E-state index contributed by atoms with van der Waals surface area (Å²) in [4.78, 5) is 16.4. The number of carbonyl (C=O) groups is 1. The van der Waals surface area contributed by atoms with Crippen LogP contribution in [0.4, 0.5) is 5.82 Å².